The van der Waals surface area contributed by atoms with Crippen LogP contribution >= 0.6 is 11.6 Å². The summed E-state index contributed by atoms with van der Waals surface area (Å²) in [6.07, 6.45) is 3.52. The molecule has 1 atom stereocenters. The molecule has 1 aromatic carbocycles. The molecule has 3 nitrogen and oxygen atoms in total. The van der Waals surface area contributed by atoms with E-state index < -0.39 is 0 Å². The highest BCUT2D eigenvalue weighted by molar-refractivity contribution is 6.31. The second-order valence-electron chi connectivity index (χ2n) is 6.05. The molecule has 1 unspecified atom stereocenters. The maximum Gasteiger partial charge on any atom is 0.226 e. The van der Waals surface area contributed by atoms with Crippen LogP contribution in [0.5, 0.6) is 0 Å². The molecule has 116 valence electrons. The fourth-order valence-electron chi connectivity index (χ4n) is 3.07. The highest BCUT2D eigenvalue weighted by Gasteiger charge is 2.38. The maximum atomic E-state index is 12.7. The van der Waals surface area contributed by atoms with Gasteiger partial charge in [0.2, 0.25) is 5.91 Å². The first-order valence-electron chi connectivity index (χ1n) is 7.82. The Kier molecular flexibility index (Phi) is 5.65. The van der Waals surface area contributed by atoms with Crippen LogP contribution in [0.15, 0.2) is 24.3 Å². The van der Waals surface area contributed by atoms with Crippen LogP contribution in [-0.4, -0.2) is 25.0 Å². The van der Waals surface area contributed by atoms with Gasteiger partial charge in [0.05, 0.1) is 5.41 Å². The number of carbonyl (C=O) groups excluding carboxylic acids is 1. The van der Waals surface area contributed by atoms with Gasteiger partial charge in [-0.15, -0.1) is 0 Å². The van der Waals surface area contributed by atoms with Crippen molar-refractivity contribution in [1.82, 2.24) is 10.6 Å². The smallest absolute Gasteiger partial charge is 0.226 e. The van der Waals surface area contributed by atoms with Gasteiger partial charge in [0.15, 0.2) is 0 Å². The molecule has 0 spiro atoms. The number of carbonyl (C=O) groups is 1. The van der Waals surface area contributed by atoms with Gasteiger partial charge in [-0.05, 0) is 57.3 Å². The second-order valence-corrected chi connectivity index (χ2v) is 6.46. The number of amides is 1. The lowest BCUT2D eigenvalue weighted by atomic mass is 9.75. The number of halogens is 1. The molecule has 1 amide bonds. The van der Waals surface area contributed by atoms with E-state index in [4.69, 9.17) is 11.6 Å². The van der Waals surface area contributed by atoms with Gasteiger partial charge < -0.3 is 10.6 Å². The number of hydrogen-bond donors (Lipinski definition) is 2. The molecule has 0 aromatic heterocycles. The average Bonchev–Trinajstić information content (AvgIpc) is 2.50. The number of benzene rings is 1. The maximum absolute atomic E-state index is 12.7. The molecule has 1 saturated heterocycles. The Morgan fingerprint density at radius 1 is 1.38 bits per heavy atom. The predicted molar refractivity (Wildman–Crippen MR) is 87.6 cm³/mol. The van der Waals surface area contributed by atoms with Gasteiger partial charge in [-0.2, -0.15) is 0 Å². The van der Waals surface area contributed by atoms with Gasteiger partial charge in [-0.25, -0.2) is 0 Å². The van der Waals surface area contributed by atoms with Crippen LogP contribution in [-0.2, 0) is 11.2 Å². The topological polar surface area (TPSA) is 41.1 Å². The molecule has 21 heavy (non-hydrogen) atoms. The number of rotatable bonds is 5. The standard InChI is InChI=1S/C17H25ClN2O/c1-3-17(8-10-19-11-9-17)16(21)20-13(2)12-14-6-4-5-7-15(14)18/h4-7,13,19H,3,8-12H2,1-2H3,(H,20,21). The first kappa shape index (κ1) is 16.3. The van der Waals surface area contributed by atoms with Crippen LogP contribution in [0.3, 0.4) is 0 Å². The molecule has 0 saturated carbocycles. The summed E-state index contributed by atoms with van der Waals surface area (Å²) in [5.41, 5.74) is 0.891. The quantitative estimate of drug-likeness (QED) is 0.877. The largest absolute Gasteiger partial charge is 0.353 e. The fourth-order valence-corrected chi connectivity index (χ4v) is 3.28. The van der Waals surface area contributed by atoms with Gasteiger partial charge in [-0.1, -0.05) is 36.7 Å². The van der Waals surface area contributed by atoms with Crippen molar-refractivity contribution in [3.8, 4) is 0 Å². The Balaban J connectivity index is 1.97. The molecule has 1 aliphatic heterocycles. The summed E-state index contributed by atoms with van der Waals surface area (Å²) in [6.45, 7) is 6.02. The summed E-state index contributed by atoms with van der Waals surface area (Å²) in [5.74, 6) is 0.200. The van der Waals surface area contributed by atoms with E-state index in [9.17, 15) is 4.79 Å². The zero-order chi connectivity index (χ0) is 15.3. The highest BCUT2D eigenvalue weighted by Crippen LogP contribution is 2.32. The molecule has 1 aromatic rings. The van der Waals surface area contributed by atoms with Crippen molar-refractivity contribution in [2.45, 2.75) is 45.6 Å². The van der Waals surface area contributed by atoms with Crippen molar-refractivity contribution in [1.29, 1.82) is 0 Å². The van der Waals surface area contributed by atoms with Crippen molar-refractivity contribution in [3.05, 3.63) is 34.9 Å². The van der Waals surface area contributed by atoms with Gasteiger partial charge in [-0.3, -0.25) is 4.79 Å². The first-order valence-corrected chi connectivity index (χ1v) is 8.20. The number of hydrogen-bond acceptors (Lipinski definition) is 2. The van der Waals surface area contributed by atoms with Crippen molar-refractivity contribution < 1.29 is 4.79 Å². The van der Waals surface area contributed by atoms with Gasteiger partial charge >= 0.3 is 0 Å². The summed E-state index contributed by atoms with van der Waals surface area (Å²) < 4.78 is 0. The Hall–Kier alpha value is -1.06. The minimum atomic E-state index is -0.194. The molecule has 0 bridgehead atoms. The minimum absolute atomic E-state index is 0.0933. The van der Waals surface area contributed by atoms with Gasteiger partial charge in [0.25, 0.3) is 0 Å². The van der Waals surface area contributed by atoms with E-state index in [1.165, 1.54) is 0 Å². The van der Waals surface area contributed by atoms with E-state index in [2.05, 4.69) is 17.6 Å². The zero-order valence-electron chi connectivity index (χ0n) is 12.9. The van der Waals surface area contributed by atoms with E-state index in [1.54, 1.807) is 0 Å². The van der Waals surface area contributed by atoms with E-state index in [-0.39, 0.29) is 17.4 Å². The van der Waals surface area contributed by atoms with E-state index in [0.717, 1.165) is 49.4 Å². The molecule has 2 N–H and O–H groups in total. The molecular formula is C17H25ClN2O. The molecular weight excluding hydrogens is 284 g/mol. The molecule has 0 aliphatic carbocycles. The van der Waals surface area contributed by atoms with Crippen LogP contribution < -0.4 is 10.6 Å². The summed E-state index contributed by atoms with van der Waals surface area (Å²) in [4.78, 5) is 12.7. The predicted octanol–water partition coefficient (Wildman–Crippen LogP) is 3.17. The average molecular weight is 309 g/mol. The van der Waals surface area contributed by atoms with Gasteiger partial charge in [0.1, 0.15) is 0 Å². The second kappa shape index (κ2) is 7.28. The molecule has 1 heterocycles. The molecule has 1 aliphatic rings. The van der Waals surface area contributed by atoms with E-state index in [0.29, 0.717) is 0 Å². The van der Waals surface area contributed by atoms with Crippen LogP contribution in [0.25, 0.3) is 0 Å². The third-order valence-corrected chi connectivity index (χ3v) is 4.95. The first-order chi connectivity index (χ1) is 10.1. The summed E-state index contributed by atoms with van der Waals surface area (Å²) in [6, 6.07) is 7.92. The number of nitrogens with one attached hydrogen (secondary N) is 2. The molecule has 2 rings (SSSR count). The zero-order valence-corrected chi connectivity index (χ0v) is 13.7. The van der Waals surface area contributed by atoms with Crippen molar-refractivity contribution >= 4 is 17.5 Å². The third kappa shape index (κ3) is 3.98. The summed E-state index contributed by atoms with van der Waals surface area (Å²) in [7, 11) is 0. The Bertz CT molecular complexity index is 483. The number of piperidine rings is 1. The SMILES string of the molecule is CCC1(C(=O)NC(C)Cc2ccccc2Cl)CCNCC1. The minimum Gasteiger partial charge on any atom is -0.353 e. The molecule has 4 heteroatoms. The molecule has 0 radical (unpaired) electrons. The van der Waals surface area contributed by atoms with Crippen LogP contribution in [0.1, 0.15) is 38.7 Å². The molecule has 1 fully saturated rings. The van der Waals surface area contributed by atoms with Crippen molar-refractivity contribution in [3.63, 3.8) is 0 Å². The summed E-state index contributed by atoms with van der Waals surface area (Å²) >= 11 is 6.19. The van der Waals surface area contributed by atoms with Crippen LogP contribution in [0, 0.1) is 5.41 Å². The Labute approximate surface area is 132 Å². The van der Waals surface area contributed by atoms with Crippen molar-refractivity contribution in [2.75, 3.05) is 13.1 Å². The van der Waals surface area contributed by atoms with E-state index >= 15 is 0 Å². The Morgan fingerprint density at radius 3 is 2.67 bits per heavy atom. The summed E-state index contributed by atoms with van der Waals surface area (Å²) in [5, 5.41) is 7.29. The lowest BCUT2D eigenvalue weighted by Crippen LogP contribution is -2.49. The van der Waals surface area contributed by atoms with Crippen LogP contribution in [0.4, 0.5) is 0 Å². The highest BCUT2D eigenvalue weighted by atomic mass is 35.5. The van der Waals surface area contributed by atoms with Crippen LogP contribution in [0.2, 0.25) is 5.02 Å². The lowest BCUT2D eigenvalue weighted by Gasteiger charge is -2.36. The van der Waals surface area contributed by atoms with Gasteiger partial charge in [0, 0.05) is 11.1 Å². The fraction of sp³-hybridized carbons (Fsp3) is 0.588. The third-order valence-electron chi connectivity index (χ3n) is 4.58. The van der Waals surface area contributed by atoms with Crippen molar-refractivity contribution in [2.24, 2.45) is 5.41 Å². The lowest BCUT2D eigenvalue weighted by molar-refractivity contribution is -0.133. The Morgan fingerprint density at radius 2 is 2.05 bits per heavy atom. The normalized spacial score (nSPS) is 19.0. The monoisotopic (exact) mass is 308 g/mol. The van der Waals surface area contributed by atoms with E-state index in [1.807, 2.05) is 31.2 Å².